The standard InChI is InChI=1S/C16H16Cl2N2O/c1-11(12-6-8-13(21-2)9-7-12)20-19-10-14-15(17)4-3-5-16(14)18/h3-9,19H,10H2,1-2H3/b20-11+. The van der Waals surface area contributed by atoms with Crippen molar-refractivity contribution < 1.29 is 4.74 Å². The minimum absolute atomic E-state index is 0.478. The molecular weight excluding hydrogens is 307 g/mol. The van der Waals surface area contributed by atoms with Crippen molar-refractivity contribution in [3.8, 4) is 5.75 Å². The lowest BCUT2D eigenvalue weighted by molar-refractivity contribution is 0.415. The number of halogens is 2. The van der Waals surface area contributed by atoms with Crippen molar-refractivity contribution in [2.24, 2.45) is 5.10 Å². The minimum Gasteiger partial charge on any atom is -0.497 e. The first-order chi connectivity index (χ1) is 10.1. The molecule has 0 atom stereocenters. The van der Waals surface area contributed by atoms with Gasteiger partial charge in [0.1, 0.15) is 5.75 Å². The number of benzene rings is 2. The van der Waals surface area contributed by atoms with E-state index in [1.54, 1.807) is 7.11 Å². The third kappa shape index (κ3) is 4.13. The fraction of sp³-hybridized carbons (Fsp3) is 0.188. The highest BCUT2D eigenvalue weighted by atomic mass is 35.5. The van der Waals surface area contributed by atoms with E-state index >= 15 is 0 Å². The first kappa shape index (κ1) is 15.7. The quantitative estimate of drug-likeness (QED) is 0.648. The van der Waals surface area contributed by atoms with Gasteiger partial charge in [0, 0.05) is 15.6 Å². The second kappa shape index (κ2) is 7.34. The Hall–Kier alpha value is -1.71. The molecule has 0 fully saturated rings. The highest BCUT2D eigenvalue weighted by molar-refractivity contribution is 6.35. The monoisotopic (exact) mass is 322 g/mol. The molecule has 2 aromatic rings. The van der Waals surface area contributed by atoms with Crippen LogP contribution in [0, 0.1) is 0 Å². The molecule has 0 amide bonds. The first-order valence-corrected chi connectivity index (χ1v) is 7.22. The van der Waals surface area contributed by atoms with Crippen molar-refractivity contribution in [1.29, 1.82) is 0 Å². The van der Waals surface area contributed by atoms with Gasteiger partial charge in [-0.25, -0.2) is 0 Å². The van der Waals surface area contributed by atoms with E-state index in [0.717, 1.165) is 22.6 Å². The van der Waals surface area contributed by atoms with Crippen LogP contribution in [0.2, 0.25) is 10.0 Å². The van der Waals surface area contributed by atoms with E-state index in [0.29, 0.717) is 16.6 Å². The lowest BCUT2D eigenvalue weighted by Gasteiger charge is -2.08. The van der Waals surface area contributed by atoms with Gasteiger partial charge in [-0.05, 0) is 48.9 Å². The maximum absolute atomic E-state index is 6.11. The molecule has 2 rings (SSSR count). The Morgan fingerprint density at radius 1 is 1.10 bits per heavy atom. The summed E-state index contributed by atoms with van der Waals surface area (Å²) < 4.78 is 5.13. The van der Waals surface area contributed by atoms with Crippen LogP contribution in [0.15, 0.2) is 47.6 Å². The van der Waals surface area contributed by atoms with Gasteiger partial charge in [-0.15, -0.1) is 0 Å². The van der Waals surface area contributed by atoms with Crippen LogP contribution in [0.1, 0.15) is 18.1 Å². The summed E-state index contributed by atoms with van der Waals surface area (Å²) in [5.74, 6) is 0.822. The van der Waals surface area contributed by atoms with Crippen LogP contribution in [0.25, 0.3) is 0 Å². The van der Waals surface area contributed by atoms with Gasteiger partial charge in [-0.1, -0.05) is 29.3 Å². The zero-order chi connectivity index (χ0) is 15.2. The molecule has 5 heteroatoms. The van der Waals surface area contributed by atoms with Crippen LogP contribution >= 0.6 is 23.2 Å². The topological polar surface area (TPSA) is 33.6 Å². The average Bonchev–Trinajstić information content (AvgIpc) is 2.50. The van der Waals surface area contributed by atoms with Crippen LogP contribution < -0.4 is 10.2 Å². The fourth-order valence-corrected chi connectivity index (χ4v) is 2.37. The normalized spacial score (nSPS) is 11.3. The summed E-state index contributed by atoms with van der Waals surface area (Å²) in [6.45, 7) is 2.41. The summed E-state index contributed by atoms with van der Waals surface area (Å²) in [5, 5.41) is 5.60. The molecule has 0 bridgehead atoms. The van der Waals surface area contributed by atoms with E-state index in [2.05, 4.69) is 10.5 Å². The molecular formula is C16H16Cl2N2O. The molecule has 110 valence electrons. The number of ether oxygens (including phenoxy) is 1. The van der Waals surface area contributed by atoms with Crippen LogP contribution in [0.4, 0.5) is 0 Å². The third-order valence-corrected chi connectivity index (χ3v) is 3.78. The Kier molecular flexibility index (Phi) is 5.48. The summed E-state index contributed by atoms with van der Waals surface area (Å²) in [5.41, 5.74) is 5.74. The molecule has 0 spiro atoms. The lowest BCUT2D eigenvalue weighted by atomic mass is 10.1. The molecule has 0 heterocycles. The number of methoxy groups -OCH3 is 1. The van der Waals surface area contributed by atoms with E-state index < -0.39 is 0 Å². The molecule has 0 saturated heterocycles. The van der Waals surface area contributed by atoms with Gasteiger partial charge in [0.05, 0.1) is 19.4 Å². The number of hydrogen-bond donors (Lipinski definition) is 1. The van der Waals surface area contributed by atoms with Crippen LogP contribution in [-0.4, -0.2) is 12.8 Å². The summed E-state index contributed by atoms with van der Waals surface area (Å²) in [7, 11) is 1.64. The predicted octanol–water partition coefficient (Wildman–Crippen LogP) is 4.52. The molecule has 0 radical (unpaired) electrons. The highest BCUT2D eigenvalue weighted by Crippen LogP contribution is 2.23. The average molecular weight is 323 g/mol. The number of hydrogen-bond acceptors (Lipinski definition) is 3. The van der Waals surface area contributed by atoms with Crippen molar-refractivity contribution in [2.45, 2.75) is 13.5 Å². The van der Waals surface area contributed by atoms with Gasteiger partial charge in [0.15, 0.2) is 0 Å². The molecule has 0 aliphatic heterocycles. The molecule has 0 aromatic heterocycles. The number of rotatable bonds is 5. The van der Waals surface area contributed by atoms with E-state index in [1.807, 2.05) is 49.4 Å². The zero-order valence-corrected chi connectivity index (χ0v) is 13.4. The SMILES string of the molecule is COc1ccc(/C(C)=N/NCc2c(Cl)cccc2Cl)cc1. The molecule has 0 aliphatic rings. The van der Waals surface area contributed by atoms with E-state index in [4.69, 9.17) is 27.9 Å². The van der Waals surface area contributed by atoms with Crippen molar-refractivity contribution in [2.75, 3.05) is 7.11 Å². The Balaban J connectivity index is 2.03. The van der Waals surface area contributed by atoms with Gasteiger partial charge in [0.25, 0.3) is 0 Å². The van der Waals surface area contributed by atoms with Crippen molar-refractivity contribution in [3.05, 3.63) is 63.6 Å². The first-order valence-electron chi connectivity index (χ1n) is 6.46. The zero-order valence-electron chi connectivity index (χ0n) is 11.9. The predicted molar refractivity (Wildman–Crippen MR) is 88.5 cm³/mol. The van der Waals surface area contributed by atoms with Gasteiger partial charge >= 0.3 is 0 Å². The summed E-state index contributed by atoms with van der Waals surface area (Å²) in [6, 6.07) is 13.2. The van der Waals surface area contributed by atoms with Crippen molar-refractivity contribution >= 4 is 28.9 Å². The minimum atomic E-state index is 0.478. The summed E-state index contributed by atoms with van der Waals surface area (Å²) in [6.07, 6.45) is 0. The Morgan fingerprint density at radius 3 is 2.29 bits per heavy atom. The molecule has 21 heavy (non-hydrogen) atoms. The maximum Gasteiger partial charge on any atom is 0.118 e. The molecule has 0 aliphatic carbocycles. The van der Waals surface area contributed by atoms with E-state index in [-0.39, 0.29) is 0 Å². The third-order valence-electron chi connectivity index (χ3n) is 3.07. The second-order valence-corrected chi connectivity index (χ2v) is 5.28. The van der Waals surface area contributed by atoms with Crippen molar-refractivity contribution in [1.82, 2.24) is 5.43 Å². The summed E-state index contributed by atoms with van der Waals surface area (Å²) >= 11 is 12.2. The van der Waals surface area contributed by atoms with Gasteiger partial charge in [-0.3, -0.25) is 0 Å². The van der Waals surface area contributed by atoms with Crippen LogP contribution in [0.5, 0.6) is 5.75 Å². The lowest BCUT2D eigenvalue weighted by Crippen LogP contribution is -2.10. The molecule has 0 saturated carbocycles. The Bertz CT molecular complexity index is 619. The van der Waals surface area contributed by atoms with Crippen LogP contribution in [0.3, 0.4) is 0 Å². The molecule has 0 unspecified atom stereocenters. The number of nitrogens with one attached hydrogen (secondary N) is 1. The maximum atomic E-state index is 6.11. The molecule has 2 aromatic carbocycles. The molecule has 3 nitrogen and oxygen atoms in total. The Labute approximate surface area is 134 Å². The Morgan fingerprint density at radius 2 is 1.71 bits per heavy atom. The van der Waals surface area contributed by atoms with E-state index in [9.17, 15) is 0 Å². The highest BCUT2D eigenvalue weighted by Gasteiger charge is 2.04. The van der Waals surface area contributed by atoms with Crippen molar-refractivity contribution in [3.63, 3.8) is 0 Å². The van der Waals surface area contributed by atoms with Gasteiger partial charge < -0.3 is 10.2 Å². The fourth-order valence-electron chi connectivity index (χ4n) is 1.84. The largest absolute Gasteiger partial charge is 0.497 e. The second-order valence-electron chi connectivity index (χ2n) is 4.46. The van der Waals surface area contributed by atoms with Crippen LogP contribution in [-0.2, 0) is 6.54 Å². The van der Waals surface area contributed by atoms with Gasteiger partial charge in [0.2, 0.25) is 0 Å². The summed E-state index contributed by atoms with van der Waals surface area (Å²) in [4.78, 5) is 0. The van der Waals surface area contributed by atoms with E-state index in [1.165, 1.54) is 0 Å². The van der Waals surface area contributed by atoms with Gasteiger partial charge in [-0.2, -0.15) is 5.10 Å². The smallest absolute Gasteiger partial charge is 0.118 e. The number of hydrazone groups is 1. The molecule has 1 N–H and O–H groups in total. The number of nitrogens with zero attached hydrogens (tertiary/aromatic N) is 1.